The van der Waals surface area contributed by atoms with Gasteiger partial charge in [0.2, 0.25) is 0 Å². The summed E-state index contributed by atoms with van der Waals surface area (Å²) in [7, 11) is 0. The van der Waals surface area contributed by atoms with Gasteiger partial charge in [0, 0.05) is 0 Å². The van der Waals surface area contributed by atoms with Crippen molar-refractivity contribution in [1.82, 2.24) is 0 Å². The number of rotatable bonds is 2. The number of aliphatic hydroxyl groups is 1. The van der Waals surface area contributed by atoms with Gasteiger partial charge in [0.15, 0.2) is 5.79 Å². The van der Waals surface area contributed by atoms with Gasteiger partial charge in [-0.2, -0.15) is 0 Å². The Balaban J connectivity index is 2.52. The lowest BCUT2D eigenvalue weighted by molar-refractivity contribution is -0.134. The average Bonchev–Trinajstić information content (AvgIpc) is 2.31. The van der Waals surface area contributed by atoms with Gasteiger partial charge in [0.05, 0.1) is 13.2 Å². The van der Waals surface area contributed by atoms with Crippen LogP contribution in [0.5, 0.6) is 0 Å². The summed E-state index contributed by atoms with van der Waals surface area (Å²) in [6, 6.07) is 0. The molecule has 0 aromatic rings. The highest BCUT2D eigenvalue weighted by atomic mass is 16.7. The molecule has 0 aromatic carbocycles. The van der Waals surface area contributed by atoms with E-state index in [1.807, 2.05) is 20.8 Å². The Bertz CT molecular complexity index is 184. The van der Waals surface area contributed by atoms with Gasteiger partial charge in [-0.3, -0.25) is 0 Å². The highest BCUT2D eigenvalue weighted by Gasteiger charge is 2.33. The molecule has 1 saturated heterocycles. The van der Waals surface area contributed by atoms with Gasteiger partial charge < -0.3 is 14.6 Å². The Morgan fingerprint density at radius 1 is 1.67 bits per heavy atom. The molecule has 3 nitrogen and oxygen atoms in total. The van der Waals surface area contributed by atoms with Crippen LogP contribution in [0.15, 0.2) is 11.6 Å². The molecular weight excluding hydrogens is 156 g/mol. The molecule has 0 radical (unpaired) electrons. The molecule has 0 bridgehead atoms. The highest BCUT2D eigenvalue weighted by molar-refractivity contribution is 5.07. The summed E-state index contributed by atoms with van der Waals surface area (Å²) in [5.74, 6) is -0.477. The lowest BCUT2D eigenvalue weighted by atomic mass is 10.2. The predicted molar refractivity (Wildman–Crippen MR) is 45.7 cm³/mol. The van der Waals surface area contributed by atoms with Crippen LogP contribution in [-0.4, -0.2) is 30.2 Å². The van der Waals surface area contributed by atoms with E-state index in [9.17, 15) is 0 Å². The summed E-state index contributed by atoms with van der Waals surface area (Å²) < 4.78 is 10.9. The first kappa shape index (κ1) is 9.71. The zero-order chi connectivity index (χ0) is 9.19. The Morgan fingerprint density at radius 2 is 2.33 bits per heavy atom. The van der Waals surface area contributed by atoms with Gasteiger partial charge in [-0.1, -0.05) is 6.08 Å². The molecular formula is C9H16O3. The third-order valence-corrected chi connectivity index (χ3v) is 1.93. The van der Waals surface area contributed by atoms with Crippen LogP contribution >= 0.6 is 0 Å². The van der Waals surface area contributed by atoms with Crippen LogP contribution in [0.25, 0.3) is 0 Å². The van der Waals surface area contributed by atoms with Crippen molar-refractivity contribution >= 4 is 0 Å². The van der Waals surface area contributed by atoms with Crippen LogP contribution in [0.2, 0.25) is 0 Å². The van der Waals surface area contributed by atoms with Gasteiger partial charge in [-0.25, -0.2) is 0 Å². The summed E-state index contributed by atoms with van der Waals surface area (Å²) in [5.41, 5.74) is 1.03. The van der Waals surface area contributed by atoms with Crippen LogP contribution in [-0.2, 0) is 9.47 Å². The molecule has 0 spiro atoms. The molecule has 0 saturated carbocycles. The first-order valence-electron chi connectivity index (χ1n) is 4.14. The van der Waals surface area contributed by atoms with Crippen molar-refractivity contribution in [3.63, 3.8) is 0 Å². The second-order valence-electron chi connectivity index (χ2n) is 3.45. The van der Waals surface area contributed by atoms with E-state index in [4.69, 9.17) is 14.6 Å². The van der Waals surface area contributed by atoms with Crippen molar-refractivity contribution in [1.29, 1.82) is 0 Å². The van der Waals surface area contributed by atoms with Gasteiger partial charge in [0.1, 0.15) is 6.10 Å². The average molecular weight is 172 g/mol. The van der Waals surface area contributed by atoms with E-state index < -0.39 is 5.79 Å². The molecule has 1 N–H and O–H groups in total. The van der Waals surface area contributed by atoms with E-state index in [1.165, 1.54) is 0 Å². The maximum absolute atomic E-state index is 8.65. The van der Waals surface area contributed by atoms with Crippen LogP contribution in [0.4, 0.5) is 0 Å². The summed E-state index contributed by atoms with van der Waals surface area (Å²) in [5, 5.41) is 8.65. The Morgan fingerprint density at radius 3 is 2.75 bits per heavy atom. The molecule has 1 atom stereocenters. The molecule has 0 unspecified atom stereocenters. The van der Waals surface area contributed by atoms with Crippen molar-refractivity contribution in [2.24, 2.45) is 0 Å². The Kier molecular flexibility index (Phi) is 2.88. The number of aliphatic hydroxyl groups excluding tert-OH is 1. The van der Waals surface area contributed by atoms with E-state index in [2.05, 4.69) is 0 Å². The molecule has 0 amide bonds. The molecule has 1 fully saturated rings. The van der Waals surface area contributed by atoms with Crippen molar-refractivity contribution < 1.29 is 14.6 Å². The fraction of sp³-hybridized carbons (Fsp3) is 0.778. The highest BCUT2D eigenvalue weighted by Crippen LogP contribution is 2.25. The van der Waals surface area contributed by atoms with E-state index >= 15 is 0 Å². The van der Waals surface area contributed by atoms with E-state index in [0.29, 0.717) is 6.61 Å². The van der Waals surface area contributed by atoms with Crippen LogP contribution in [0.1, 0.15) is 20.8 Å². The SMILES string of the molecule is C/C(=C\CO)[C@H]1COC(C)(C)O1. The number of hydrogen-bond donors (Lipinski definition) is 1. The molecule has 12 heavy (non-hydrogen) atoms. The maximum atomic E-state index is 8.65. The van der Waals surface area contributed by atoms with Crippen LogP contribution < -0.4 is 0 Å². The second kappa shape index (κ2) is 3.56. The van der Waals surface area contributed by atoms with Crippen LogP contribution in [0.3, 0.4) is 0 Å². The minimum absolute atomic E-state index is 0.00662. The fourth-order valence-electron chi connectivity index (χ4n) is 1.19. The third kappa shape index (κ3) is 2.30. The van der Waals surface area contributed by atoms with E-state index in [1.54, 1.807) is 6.08 Å². The normalized spacial score (nSPS) is 29.3. The third-order valence-electron chi connectivity index (χ3n) is 1.93. The summed E-state index contributed by atoms with van der Waals surface area (Å²) in [6.45, 7) is 6.35. The first-order chi connectivity index (χ1) is 5.55. The smallest absolute Gasteiger partial charge is 0.163 e. The molecule has 0 aromatic heterocycles. The van der Waals surface area contributed by atoms with Gasteiger partial charge in [-0.15, -0.1) is 0 Å². The molecule has 70 valence electrons. The molecule has 1 aliphatic heterocycles. The zero-order valence-corrected chi connectivity index (χ0v) is 7.83. The summed E-state index contributed by atoms with van der Waals surface area (Å²) in [6.07, 6.45) is 1.75. The van der Waals surface area contributed by atoms with Crippen molar-refractivity contribution in [2.45, 2.75) is 32.7 Å². The van der Waals surface area contributed by atoms with Crippen LogP contribution in [0, 0.1) is 0 Å². The lowest BCUT2D eigenvalue weighted by Crippen LogP contribution is -2.21. The van der Waals surface area contributed by atoms with Crippen molar-refractivity contribution in [3.8, 4) is 0 Å². The lowest BCUT2D eigenvalue weighted by Gasteiger charge is -2.17. The molecule has 1 heterocycles. The monoisotopic (exact) mass is 172 g/mol. The topological polar surface area (TPSA) is 38.7 Å². The van der Waals surface area contributed by atoms with Gasteiger partial charge in [0.25, 0.3) is 0 Å². The number of hydrogen-bond acceptors (Lipinski definition) is 3. The standard InChI is InChI=1S/C9H16O3/c1-7(4-5-10)8-6-11-9(2,3)12-8/h4,8,10H,5-6H2,1-3H3/b7-4+/t8-/m1/s1. The maximum Gasteiger partial charge on any atom is 0.163 e. The predicted octanol–water partition coefficient (Wildman–Crippen LogP) is 1.08. The molecule has 0 aliphatic carbocycles. The molecule has 1 rings (SSSR count). The summed E-state index contributed by atoms with van der Waals surface area (Å²) in [4.78, 5) is 0. The van der Waals surface area contributed by atoms with E-state index in [-0.39, 0.29) is 12.7 Å². The largest absolute Gasteiger partial charge is 0.392 e. The second-order valence-corrected chi connectivity index (χ2v) is 3.45. The van der Waals surface area contributed by atoms with Gasteiger partial charge in [-0.05, 0) is 26.3 Å². The minimum atomic E-state index is -0.477. The summed E-state index contributed by atoms with van der Waals surface area (Å²) >= 11 is 0. The Hall–Kier alpha value is -0.380. The van der Waals surface area contributed by atoms with E-state index in [0.717, 1.165) is 5.57 Å². The zero-order valence-electron chi connectivity index (χ0n) is 7.83. The van der Waals surface area contributed by atoms with Gasteiger partial charge >= 0.3 is 0 Å². The molecule has 3 heteroatoms. The molecule has 1 aliphatic rings. The number of ether oxygens (including phenoxy) is 2. The quantitative estimate of drug-likeness (QED) is 0.633. The Labute approximate surface area is 73.0 Å². The van der Waals surface area contributed by atoms with Crippen molar-refractivity contribution in [3.05, 3.63) is 11.6 Å². The first-order valence-corrected chi connectivity index (χ1v) is 4.14. The minimum Gasteiger partial charge on any atom is -0.392 e. The fourth-order valence-corrected chi connectivity index (χ4v) is 1.19. The van der Waals surface area contributed by atoms with Crippen molar-refractivity contribution in [2.75, 3.05) is 13.2 Å².